The highest BCUT2D eigenvalue weighted by atomic mass is 16.2. The Hall–Kier alpha value is -2.14. The fourth-order valence-corrected chi connectivity index (χ4v) is 2.72. The monoisotopic (exact) mass is 284 g/mol. The number of nitrogens with one attached hydrogen (secondary N) is 1. The lowest BCUT2D eigenvalue weighted by molar-refractivity contribution is -0.120. The van der Waals surface area contributed by atoms with Crippen molar-refractivity contribution in [2.45, 2.75) is 25.9 Å². The Morgan fingerprint density at radius 1 is 1.38 bits per heavy atom. The summed E-state index contributed by atoms with van der Waals surface area (Å²) in [6.07, 6.45) is 4.63. The number of para-hydroxylation sites is 1. The average Bonchev–Trinajstić information content (AvgIpc) is 3.15. The predicted molar refractivity (Wildman–Crippen MR) is 82.2 cm³/mol. The Bertz CT molecular complexity index is 608. The lowest BCUT2D eigenvalue weighted by Gasteiger charge is -2.22. The second-order valence-corrected chi connectivity index (χ2v) is 5.31. The van der Waals surface area contributed by atoms with E-state index in [2.05, 4.69) is 16.5 Å². The number of hydrogen-bond acceptors (Lipinski definition) is 3. The Morgan fingerprint density at radius 3 is 3.05 bits per heavy atom. The van der Waals surface area contributed by atoms with Crippen LogP contribution in [0.4, 0.5) is 5.69 Å². The Morgan fingerprint density at radius 2 is 2.24 bits per heavy atom. The zero-order chi connectivity index (χ0) is 14.7. The molecule has 0 radical (unpaired) electrons. The molecule has 0 saturated carbocycles. The van der Waals surface area contributed by atoms with Crippen molar-refractivity contribution < 1.29 is 4.79 Å². The molecule has 1 N–H and O–H groups in total. The van der Waals surface area contributed by atoms with Crippen LogP contribution in [0.5, 0.6) is 0 Å². The number of aromatic nitrogens is 2. The third-order valence-electron chi connectivity index (χ3n) is 3.87. The SMILES string of the molecule is C[C@@H](NCCn1cccn1)C(=O)N1CCc2ccccc21. The zero-order valence-electron chi connectivity index (χ0n) is 12.2. The lowest BCUT2D eigenvalue weighted by atomic mass is 10.2. The van der Waals surface area contributed by atoms with Crippen molar-refractivity contribution in [1.82, 2.24) is 15.1 Å². The number of benzene rings is 1. The van der Waals surface area contributed by atoms with Gasteiger partial charge in [-0.15, -0.1) is 0 Å². The van der Waals surface area contributed by atoms with Gasteiger partial charge in [0.15, 0.2) is 0 Å². The molecule has 3 rings (SSSR count). The Kier molecular flexibility index (Phi) is 4.01. The van der Waals surface area contributed by atoms with Gasteiger partial charge in [0.05, 0.1) is 12.6 Å². The molecule has 110 valence electrons. The van der Waals surface area contributed by atoms with Crippen molar-refractivity contribution in [3.63, 3.8) is 0 Å². The molecule has 1 atom stereocenters. The van der Waals surface area contributed by atoms with E-state index in [1.807, 2.05) is 47.0 Å². The summed E-state index contributed by atoms with van der Waals surface area (Å²) in [4.78, 5) is 14.4. The summed E-state index contributed by atoms with van der Waals surface area (Å²) in [5.41, 5.74) is 2.32. The molecule has 5 heteroatoms. The smallest absolute Gasteiger partial charge is 0.243 e. The summed E-state index contributed by atoms with van der Waals surface area (Å²) < 4.78 is 1.86. The van der Waals surface area contributed by atoms with Gasteiger partial charge in [0.25, 0.3) is 0 Å². The van der Waals surface area contributed by atoms with E-state index in [9.17, 15) is 4.79 Å². The van der Waals surface area contributed by atoms with E-state index in [0.29, 0.717) is 0 Å². The fourth-order valence-electron chi connectivity index (χ4n) is 2.72. The third-order valence-corrected chi connectivity index (χ3v) is 3.87. The van der Waals surface area contributed by atoms with E-state index < -0.39 is 0 Å². The van der Waals surface area contributed by atoms with Gasteiger partial charge in [-0.2, -0.15) is 5.10 Å². The first kappa shape index (κ1) is 13.8. The van der Waals surface area contributed by atoms with Gasteiger partial charge in [0.1, 0.15) is 0 Å². The van der Waals surface area contributed by atoms with E-state index >= 15 is 0 Å². The van der Waals surface area contributed by atoms with Crippen LogP contribution >= 0.6 is 0 Å². The lowest BCUT2D eigenvalue weighted by Crippen LogP contribution is -2.45. The molecule has 0 fully saturated rings. The van der Waals surface area contributed by atoms with Crippen molar-refractivity contribution in [2.24, 2.45) is 0 Å². The molecule has 0 unspecified atom stereocenters. The number of fused-ring (bicyclic) bond motifs is 1. The predicted octanol–water partition coefficient (Wildman–Crippen LogP) is 1.45. The number of carbonyl (C=O) groups is 1. The molecule has 2 heterocycles. The maximum Gasteiger partial charge on any atom is 0.243 e. The van der Waals surface area contributed by atoms with Crippen LogP contribution in [-0.4, -0.2) is 34.8 Å². The number of hydrogen-bond donors (Lipinski definition) is 1. The van der Waals surface area contributed by atoms with Gasteiger partial charge in [0.2, 0.25) is 5.91 Å². The molecular weight excluding hydrogens is 264 g/mol. The second kappa shape index (κ2) is 6.10. The molecule has 2 aromatic rings. The van der Waals surface area contributed by atoms with E-state index in [4.69, 9.17) is 0 Å². The van der Waals surface area contributed by atoms with Gasteiger partial charge in [-0.05, 0) is 31.0 Å². The van der Waals surface area contributed by atoms with Crippen LogP contribution < -0.4 is 10.2 Å². The number of rotatable bonds is 5. The summed E-state index contributed by atoms with van der Waals surface area (Å²) in [6.45, 7) is 4.20. The van der Waals surface area contributed by atoms with E-state index in [1.54, 1.807) is 6.20 Å². The first-order valence-corrected chi connectivity index (χ1v) is 7.36. The summed E-state index contributed by atoms with van der Waals surface area (Å²) in [5, 5.41) is 7.42. The highest BCUT2D eigenvalue weighted by Crippen LogP contribution is 2.27. The van der Waals surface area contributed by atoms with Crippen molar-refractivity contribution in [3.8, 4) is 0 Å². The number of nitrogens with zero attached hydrogens (tertiary/aromatic N) is 3. The standard InChI is InChI=1S/C16H20N4O/c1-13(17-9-12-19-10-4-8-18-19)16(21)20-11-7-14-5-2-3-6-15(14)20/h2-6,8,10,13,17H,7,9,11-12H2,1H3/t13-/m1/s1. The van der Waals surface area contributed by atoms with Gasteiger partial charge < -0.3 is 10.2 Å². The van der Waals surface area contributed by atoms with Crippen LogP contribution in [0.2, 0.25) is 0 Å². The normalized spacial score (nSPS) is 15.0. The molecule has 21 heavy (non-hydrogen) atoms. The molecule has 0 aliphatic carbocycles. The molecule has 1 aliphatic rings. The van der Waals surface area contributed by atoms with E-state index in [-0.39, 0.29) is 11.9 Å². The minimum Gasteiger partial charge on any atom is -0.310 e. The van der Waals surface area contributed by atoms with Gasteiger partial charge in [0, 0.05) is 31.2 Å². The van der Waals surface area contributed by atoms with Crippen molar-refractivity contribution in [2.75, 3.05) is 18.0 Å². The minimum atomic E-state index is -0.188. The van der Waals surface area contributed by atoms with Crippen LogP contribution in [0.25, 0.3) is 0 Å². The summed E-state index contributed by atoms with van der Waals surface area (Å²) in [5.74, 6) is 0.139. The number of carbonyl (C=O) groups excluding carboxylic acids is 1. The number of amides is 1. The van der Waals surface area contributed by atoms with Crippen LogP contribution in [0.3, 0.4) is 0 Å². The van der Waals surface area contributed by atoms with Crippen molar-refractivity contribution in [1.29, 1.82) is 0 Å². The van der Waals surface area contributed by atoms with Crippen LogP contribution in [0.1, 0.15) is 12.5 Å². The average molecular weight is 284 g/mol. The van der Waals surface area contributed by atoms with Crippen LogP contribution in [0.15, 0.2) is 42.7 Å². The van der Waals surface area contributed by atoms with E-state index in [0.717, 1.165) is 31.7 Å². The highest BCUT2D eigenvalue weighted by Gasteiger charge is 2.27. The van der Waals surface area contributed by atoms with E-state index in [1.165, 1.54) is 5.56 Å². The Balaban J connectivity index is 1.55. The largest absolute Gasteiger partial charge is 0.310 e. The first-order chi connectivity index (χ1) is 10.3. The third kappa shape index (κ3) is 2.97. The maximum absolute atomic E-state index is 12.5. The molecule has 0 saturated heterocycles. The quantitative estimate of drug-likeness (QED) is 0.904. The first-order valence-electron chi connectivity index (χ1n) is 7.36. The molecule has 1 aromatic heterocycles. The molecule has 1 amide bonds. The molecule has 5 nitrogen and oxygen atoms in total. The molecule has 0 spiro atoms. The number of anilines is 1. The maximum atomic E-state index is 12.5. The zero-order valence-corrected chi connectivity index (χ0v) is 12.2. The molecule has 1 aromatic carbocycles. The van der Waals surface area contributed by atoms with Gasteiger partial charge >= 0.3 is 0 Å². The summed E-state index contributed by atoms with van der Waals surface area (Å²) >= 11 is 0. The van der Waals surface area contributed by atoms with Crippen molar-refractivity contribution >= 4 is 11.6 Å². The molecular formula is C16H20N4O. The Labute approximate surface area is 124 Å². The van der Waals surface area contributed by atoms with Gasteiger partial charge in [-0.25, -0.2) is 0 Å². The van der Waals surface area contributed by atoms with Gasteiger partial charge in [-0.3, -0.25) is 9.48 Å². The summed E-state index contributed by atoms with van der Waals surface area (Å²) in [7, 11) is 0. The second-order valence-electron chi connectivity index (χ2n) is 5.31. The topological polar surface area (TPSA) is 50.2 Å². The van der Waals surface area contributed by atoms with Crippen LogP contribution in [0, 0.1) is 0 Å². The molecule has 1 aliphatic heterocycles. The fraction of sp³-hybridized carbons (Fsp3) is 0.375. The van der Waals surface area contributed by atoms with Crippen molar-refractivity contribution in [3.05, 3.63) is 48.3 Å². The van der Waals surface area contributed by atoms with Crippen LogP contribution in [-0.2, 0) is 17.8 Å². The minimum absolute atomic E-state index is 0.139. The summed E-state index contributed by atoms with van der Waals surface area (Å²) in [6, 6.07) is 9.84. The van der Waals surface area contributed by atoms with Gasteiger partial charge in [-0.1, -0.05) is 18.2 Å². The molecule has 0 bridgehead atoms. The highest BCUT2D eigenvalue weighted by molar-refractivity contribution is 5.98.